The second-order valence-corrected chi connectivity index (χ2v) is 5.14. The molecule has 1 aromatic heterocycles. The lowest BCUT2D eigenvalue weighted by Crippen LogP contribution is -2.26. The molecule has 1 aliphatic heterocycles. The minimum absolute atomic E-state index is 0.129. The predicted octanol–water partition coefficient (Wildman–Crippen LogP) is 1.32. The van der Waals surface area contributed by atoms with Crippen LogP contribution in [-0.4, -0.2) is 52.1 Å². The summed E-state index contributed by atoms with van der Waals surface area (Å²) in [6, 6.07) is 9.68. The molecule has 0 amide bonds. The van der Waals surface area contributed by atoms with E-state index < -0.39 is 6.10 Å². The van der Waals surface area contributed by atoms with Crippen molar-refractivity contribution >= 4 is 0 Å². The van der Waals surface area contributed by atoms with Crippen LogP contribution in [0.15, 0.2) is 34.9 Å². The summed E-state index contributed by atoms with van der Waals surface area (Å²) in [4.78, 5) is 6.47. The maximum absolute atomic E-state index is 9.92. The standard InChI is InChI=1S/C15H19N3O3/c1-2-20-13-9-18(8-12(13)19)10-14-16-15(21-17-14)11-6-4-3-5-7-11/h3-7,12-13,19H,2,8-10H2,1H3/t12-,13-/m0/s1. The van der Waals surface area contributed by atoms with Gasteiger partial charge in [-0.2, -0.15) is 4.98 Å². The van der Waals surface area contributed by atoms with Crippen molar-refractivity contribution < 1.29 is 14.4 Å². The first kappa shape index (κ1) is 14.2. The molecule has 1 N–H and O–H groups in total. The highest BCUT2D eigenvalue weighted by Gasteiger charge is 2.32. The average Bonchev–Trinajstić information content (AvgIpc) is 3.08. The molecule has 1 aromatic carbocycles. The Morgan fingerprint density at radius 2 is 2.14 bits per heavy atom. The number of likely N-dealkylation sites (tertiary alicyclic amines) is 1. The molecular formula is C15H19N3O3. The Labute approximate surface area is 123 Å². The van der Waals surface area contributed by atoms with Crippen molar-refractivity contribution in [1.82, 2.24) is 15.0 Å². The topological polar surface area (TPSA) is 71.6 Å². The number of β-amino-alcohol motifs (C(OH)–C–C–N with tert-alkyl or cyclic N) is 1. The first-order chi connectivity index (χ1) is 10.3. The van der Waals surface area contributed by atoms with Gasteiger partial charge in [0, 0.05) is 25.3 Å². The number of ether oxygens (including phenoxy) is 1. The molecule has 6 nitrogen and oxygen atoms in total. The summed E-state index contributed by atoms with van der Waals surface area (Å²) in [5.41, 5.74) is 0.907. The van der Waals surface area contributed by atoms with Gasteiger partial charge in [0.1, 0.15) is 0 Å². The van der Waals surface area contributed by atoms with Crippen LogP contribution in [0.25, 0.3) is 11.5 Å². The number of nitrogens with zero attached hydrogens (tertiary/aromatic N) is 3. The lowest BCUT2D eigenvalue weighted by Gasteiger charge is -2.13. The van der Waals surface area contributed by atoms with Crippen molar-refractivity contribution in [2.75, 3.05) is 19.7 Å². The summed E-state index contributed by atoms with van der Waals surface area (Å²) in [6.45, 7) is 4.34. The lowest BCUT2D eigenvalue weighted by molar-refractivity contribution is -0.00246. The molecule has 0 bridgehead atoms. The molecule has 0 spiro atoms. The molecular weight excluding hydrogens is 270 g/mol. The van der Waals surface area contributed by atoms with Crippen LogP contribution in [0, 0.1) is 0 Å². The minimum Gasteiger partial charge on any atom is -0.389 e. The molecule has 2 aromatic rings. The molecule has 1 aliphatic rings. The zero-order chi connectivity index (χ0) is 14.7. The van der Waals surface area contributed by atoms with Gasteiger partial charge in [-0.15, -0.1) is 0 Å². The fourth-order valence-corrected chi connectivity index (χ4v) is 2.56. The highest BCUT2D eigenvalue weighted by molar-refractivity contribution is 5.51. The van der Waals surface area contributed by atoms with E-state index in [0.717, 1.165) is 5.56 Å². The van der Waals surface area contributed by atoms with Gasteiger partial charge in [0.05, 0.1) is 18.8 Å². The molecule has 0 aliphatic carbocycles. The van der Waals surface area contributed by atoms with Gasteiger partial charge < -0.3 is 14.4 Å². The van der Waals surface area contributed by atoms with Crippen molar-refractivity contribution in [3.63, 3.8) is 0 Å². The number of hydrogen-bond acceptors (Lipinski definition) is 6. The van der Waals surface area contributed by atoms with Crippen LogP contribution in [0.2, 0.25) is 0 Å². The molecule has 0 radical (unpaired) electrons. The third kappa shape index (κ3) is 3.29. The Bertz CT molecular complexity index is 573. The molecule has 0 unspecified atom stereocenters. The zero-order valence-corrected chi connectivity index (χ0v) is 12.0. The number of hydrogen-bond donors (Lipinski definition) is 1. The van der Waals surface area contributed by atoms with Crippen LogP contribution in [-0.2, 0) is 11.3 Å². The summed E-state index contributed by atoms with van der Waals surface area (Å²) >= 11 is 0. The van der Waals surface area contributed by atoms with Crippen molar-refractivity contribution in [2.24, 2.45) is 0 Å². The maximum atomic E-state index is 9.92. The van der Waals surface area contributed by atoms with Crippen LogP contribution < -0.4 is 0 Å². The first-order valence-electron chi connectivity index (χ1n) is 7.16. The molecule has 112 valence electrons. The minimum atomic E-state index is -0.453. The van der Waals surface area contributed by atoms with E-state index in [9.17, 15) is 5.11 Å². The molecule has 2 heterocycles. The third-order valence-electron chi connectivity index (χ3n) is 3.55. The number of aliphatic hydroxyl groups is 1. The van der Waals surface area contributed by atoms with Crippen LogP contribution >= 0.6 is 0 Å². The fraction of sp³-hybridized carbons (Fsp3) is 0.467. The Morgan fingerprint density at radius 3 is 2.90 bits per heavy atom. The summed E-state index contributed by atoms with van der Waals surface area (Å²) in [5, 5.41) is 13.9. The Kier molecular flexibility index (Phi) is 4.28. The van der Waals surface area contributed by atoms with Crippen molar-refractivity contribution in [1.29, 1.82) is 0 Å². The molecule has 1 saturated heterocycles. The van der Waals surface area contributed by atoms with E-state index in [2.05, 4.69) is 15.0 Å². The zero-order valence-electron chi connectivity index (χ0n) is 12.0. The van der Waals surface area contributed by atoms with Gasteiger partial charge in [-0.25, -0.2) is 0 Å². The van der Waals surface area contributed by atoms with Gasteiger partial charge in [0.15, 0.2) is 5.82 Å². The third-order valence-corrected chi connectivity index (χ3v) is 3.55. The van der Waals surface area contributed by atoms with E-state index in [0.29, 0.717) is 38.0 Å². The monoisotopic (exact) mass is 289 g/mol. The van der Waals surface area contributed by atoms with E-state index in [1.807, 2.05) is 37.3 Å². The maximum Gasteiger partial charge on any atom is 0.257 e. The second-order valence-electron chi connectivity index (χ2n) is 5.14. The smallest absolute Gasteiger partial charge is 0.257 e. The number of aliphatic hydroxyl groups excluding tert-OH is 1. The van der Waals surface area contributed by atoms with Crippen molar-refractivity contribution in [3.8, 4) is 11.5 Å². The van der Waals surface area contributed by atoms with Gasteiger partial charge in [-0.1, -0.05) is 23.4 Å². The van der Waals surface area contributed by atoms with E-state index in [-0.39, 0.29) is 6.10 Å². The van der Waals surface area contributed by atoms with Gasteiger partial charge in [-0.3, -0.25) is 4.90 Å². The van der Waals surface area contributed by atoms with Gasteiger partial charge >= 0.3 is 0 Å². The molecule has 1 fully saturated rings. The number of rotatable bonds is 5. The quantitative estimate of drug-likeness (QED) is 0.895. The molecule has 0 saturated carbocycles. The van der Waals surface area contributed by atoms with Gasteiger partial charge in [0.2, 0.25) is 0 Å². The molecule has 2 atom stereocenters. The van der Waals surface area contributed by atoms with Crippen LogP contribution in [0.1, 0.15) is 12.7 Å². The highest BCUT2D eigenvalue weighted by Crippen LogP contribution is 2.19. The highest BCUT2D eigenvalue weighted by atomic mass is 16.5. The Balaban J connectivity index is 1.63. The van der Waals surface area contributed by atoms with Crippen molar-refractivity contribution in [3.05, 3.63) is 36.2 Å². The average molecular weight is 289 g/mol. The summed E-state index contributed by atoms with van der Waals surface area (Å²) in [6.07, 6.45) is -0.582. The molecule has 6 heteroatoms. The van der Waals surface area contributed by atoms with E-state index in [4.69, 9.17) is 9.26 Å². The fourth-order valence-electron chi connectivity index (χ4n) is 2.56. The SMILES string of the molecule is CCO[C@H]1CN(Cc2noc(-c3ccccc3)n2)C[C@@H]1O. The van der Waals surface area contributed by atoms with Crippen molar-refractivity contribution in [2.45, 2.75) is 25.7 Å². The van der Waals surface area contributed by atoms with E-state index >= 15 is 0 Å². The van der Waals surface area contributed by atoms with E-state index in [1.165, 1.54) is 0 Å². The molecule has 21 heavy (non-hydrogen) atoms. The summed E-state index contributed by atoms with van der Waals surface area (Å²) in [5.74, 6) is 1.14. The largest absolute Gasteiger partial charge is 0.389 e. The Morgan fingerprint density at radius 1 is 1.33 bits per heavy atom. The normalized spacial score (nSPS) is 22.8. The lowest BCUT2D eigenvalue weighted by atomic mass is 10.2. The first-order valence-corrected chi connectivity index (χ1v) is 7.16. The number of aromatic nitrogens is 2. The second kappa shape index (κ2) is 6.34. The van der Waals surface area contributed by atoms with Crippen LogP contribution in [0.3, 0.4) is 0 Å². The number of benzene rings is 1. The van der Waals surface area contributed by atoms with Crippen LogP contribution in [0.4, 0.5) is 0 Å². The van der Waals surface area contributed by atoms with E-state index in [1.54, 1.807) is 0 Å². The van der Waals surface area contributed by atoms with Gasteiger partial charge in [-0.05, 0) is 19.1 Å². The van der Waals surface area contributed by atoms with Gasteiger partial charge in [0.25, 0.3) is 5.89 Å². The summed E-state index contributed by atoms with van der Waals surface area (Å²) < 4.78 is 10.8. The predicted molar refractivity (Wildman–Crippen MR) is 76.4 cm³/mol. The Hall–Kier alpha value is -1.76. The summed E-state index contributed by atoms with van der Waals surface area (Å²) in [7, 11) is 0. The van der Waals surface area contributed by atoms with Crippen LogP contribution in [0.5, 0.6) is 0 Å². The molecule has 3 rings (SSSR count).